The number of nitrogens with two attached hydrogens (primary N) is 1. The second kappa shape index (κ2) is 11.6. The molecule has 0 spiro atoms. The molecule has 47 heavy (non-hydrogen) atoms. The Kier molecular flexibility index (Phi) is 7.71. The summed E-state index contributed by atoms with van der Waals surface area (Å²) in [6.45, 7) is -0.284. The van der Waals surface area contributed by atoms with E-state index < -0.39 is 47.1 Å². The van der Waals surface area contributed by atoms with E-state index in [0.717, 1.165) is 18.2 Å². The molecule has 0 saturated heterocycles. The number of benzene rings is 2. The van der Waals surface area contributed by atoms with Crippen molar-refractivity contribution in [1.82, 2.24) is 25.3 Å². The van der Waals surface area contributed by atoms with Crippen LogP contribution in [-0.4, -0.2) is 56.2 Å². The molecule has 5 aromatic rings. The Labute approximate surface area is 263 Å². The molecule has 2 atom stereocenters. The molecule has 6 rings (SSSR count). The Morgan fingerprint density at radius 3 is 2.51 bits per heavy atom. The van der Waals surface area contributed by atoms with E-state index in [4.69, 9.17) is 10.5 Å². The zero-order chi connectivity index (χ0) is 33.6. The van der Waals surface area contributed by atoms with Gasteiger partial charge in [0.25, 0.3) is 5.91 Å². The third-order valence-corrected chi connectivity index (χ3v) is 7.94. The number of amides is 2. The van der Waals surface area contributed by atoms with Gasteiger partial charge in [-0.3, -0.25) is 14.6 Å². The van der Waals surface area contributed by atoms with Crippen LogP contribution in [0.3, 0.4) is 0 Å². The van der Waals surface area contributed by atoms with Crippen molar-refractivity contribution in [2.75, 3.05) is 18.5 Å². The lowest BCUT2D eigenvalue weighted by Gasteiger charge is -2.31. The molecule has 11 nitrogen and oxygen atoms in total. The smallest absolute Gasteiger partial charge is 0.424 e. The number of carbonyl (C=O) groups excluding carboxylic acids is 2. The van der Waals surface area contributed by atoms with Crippen molar-refractivity contribution in [2.24, 2.45) is 5.73 Å². The normalized spacial score (nSPS) is 17.0. The topological polar surface area (TPSA) is 165 Å². The maximum atomic E-state index is 14.8. The highest BCUT2D eigenvalue weighted by atomic mass is 19.4. The lowest BCUT2D eigenvalue weighted by Crippen LogP contribution is -2.51. The Balaban J connectivity index is 1.40. The maximum absolute atomic E-state index is 14.8. The summed E-state index contributed by atoms with van der Waals surface area (Å²) in [4.78, 5) is 42.2. The zero-order valence-electron chi connectivity index (χ0n) is 24.5. The van der Waals surface area contributed by atoms with Crippen LogP contribution in [0.15, 0.2) is 79.4 Å². The van der Waals surface area contributed by atoms with Crippen molar-refractivity contribution in [3.8, 4) is 17.0 Å². The summed E-state index contributed by atoms with van der Waals surface area (Å²) < 4.78 is 63.8. The van der Waals surface area contributed by atoms with Crippen molar-refractivity contribution in [1.29, 1.82) is 0 Å². The minimum atomic E-state index is -5.38. The zero-order valence-corrected chi connectivity index (χ0v) is 24.5. The molecule has 0 bridgehead atoms. The van der Waals surface area contributed by atoms with E-state index in [0.29, 0.717) is 22.4 Å². The van der Waals surface area contributed by atoms with Crippen LogP contribution in [0.4, 0.5) is 29.1 Å². The van der Waals surface area contributed by atoms with E-state index in [1.54, 1.807) is 18.2 Å². The summed E-state index contributed by atoms with van der Waals surface area (Å²) in [5.74, 6) is -2.11. The molecule has 15 heteroatoms. The van der Waals surface area contributed by atoms with Crippen molar-refractivity contribution in [3.05, 3.63) is 102 Å². The number of carbonyl (C=O) groups is 2. The Morgan fingerprint density at radius 1 is 1.06 bits per heavy atom. The summed E-state index contributed by atoms with van der Waals surface area (Å²) in [7, 11) is 0. The average Bonchev–Trinajstić information content (AvgIpc) is 3.41. The fraction of sp³-hybridized carbons (Fsp3) is 0.188. The Hall–Kier alpha value is -5.70. The molecule has 5 N–H and O–H groups in total. The summed E-state index contributed by atoms with van der Waals surface area (Å²) >= 11 is 0. The molecule has 0 saturated carbocycles. The number of pyridine rings is 2. The predicted octanol–water partition coefficient (Wildman–Crippen LogP) is 4.28. The molecule has 1 unspecified atom stereocenters. The SMILES string of the molecule is C[C@]1(C(N)=O)COc2c1cc(C(O)(CNC(=O)c1cc(Nc3ccncn3)c3ncccc3c1)C(F)(F)F)nc2-c1ccc(F)cc1. The number of nitrogens with one attached hydrogen (secondary N) is 2. The molecule has 0 radical (unpaired) electrons. The molecule has 1 aliphatic heterocycles. The van der Waals surface area contributed by atoms with Crippen LogP contribution < -0.4 is 21.1 Å². The van der Waals surface area contributed by atoms with Crippen LogP contribution in [0.2, 0.25) is 0 Å². The molecule has 3 aromatic heterocycles. The number of alkyl halides is 3. The van der Waals surface area contributed by atoms with Gasteiger partial charge in [-0.2, -0.15) is 13.2 Å². The second-order valence-corrected chi connectivity index (χ2v) is 11.1. The fourth-order valence-corrected chi connectivity index (χ4v) is 5.17. The van der Waals surface area contributed by atoms with Crippen molar-refractivity contribution >= 4 is 34.2 Å². The van der Waals surface area contributed by atoms with Crippen LogP contribution in [-0.2, 0) is 15.8 Å². The van der Waals surface area contributed by atoms with Gasteiger partial charge in [-0.15, -0.1) is 0 Å². The lowest BCUT2D eigenvalue weighted by atomic mass is 9.81. The summed E-state index contributed by atoms with van der Waals surface area (Å²) in [6.07, 6.45) is -1.04. The first-order valence-electron chi connectivity index (χ1n) is 14.0. The number of anilines is 2. The van der Waals surface area contributed by atoms with Crippen molar-refractivity contribution in [2.45, 2.75) is 24.1 Å². The van der Waals surface area contributed by atoms with Crippen molar-refractivity contribution in [3.63, 3.8) is 0 Å². The third kappa shape index (κ3) is 5.65. The van der Waals surface area contributed by atoms with E-state index in [2.05, 4.69) is 30.6 Å². The first kappa shape index (κ1) is 31.3. The molecule has 2 amide bonds. The highest BCUT2D eigenvalue weighted by Gasteiger charge is 2.57. The van der Waals surface area contributed by atoms with Crippen molar-refractivity contribution < 1.29 is 37.0 Å². The highest BCUT2D eigenvalue weighted by molar-refractivity contribution is 6.02. The molecule has 240 valence electrons. The number of aromatic nitrogens is 4. The summed E-state index contributed by atoms with van der Waals surface area (Å²) in [6, 6.07) is 13.3. The second-order valence-electron chi connectivity index (χ2n) is 11.1. The molecule has 1 aliphatic rings. The van der Waals surface area contributed by atoms with Gasteiger partial charge in [0, 0.05) is 34.5 Å². The minimum Gasteiger partial charge on any atom is -0.489 e. The molecule has 0 fully saturated rings. The summed E-state index contributed by atoms with van der Waals surface area (Å²) in [5, 5.41) is 17.0. The van der Waals surface area contributed by atoms with Gasteiger partial charge in [0.2, 0.25) is 11.5 Å². The first-order valence-corrected chi connectivity index (χ1v) is 14.0. The largest absolute Gasteiger partial charge is 0.489 e. The molecule has 2 aromatic carbocycles. The maximum Gasteiger partial charge on any atom is 0.424 e. The number of nitrogens with zero attached hydrogens (tertiary/aromatic N) is 4. The number of primary amides is 1. The van der Waals surface area contributed by atoms with Gasteiger partial charge in [0.1, 0.15) is 41.4 Å². The standard InChI is InChI=1S/C32H25F4N7O4/c1-30(29(37)45)15-47-27-21(30)13-23(43-26(27)17-4-6-20(33)7-5-17)31(46,32(34,35)36)14-40-28(44)19-11-18-3-2-9-39-25(18)22(12-19)42-24-8-10-38-16-41-24/h2-13,16,46H,14-15H2,1H3,(H2,37,45)(H,40,44)(H,38,41,42)/t30-,31?/m0/s1. The van der Waals surface area contributed by atoms with Crippen LogP contribution in [0.5, 0.6) is 5.75 Å². The quantitative estimate of drug-likeness (QED) is 0.180. The molecular formula is C32H25F4N7O4. The molecule has 4 heterocycles. The molecule has 0 aliphatic carbocycles. The van der Waals surface area contributed by atoms with Crippen LogP contribution in [0, 0.1) is 5.82 Å². The number of aliphatic hydroxyl groups is 1. The summed E-state index contributed by atoms with van der Waals surface area (Å²) in [5.41, 5.74) is 0.0244. The predicted molar refractivity (Wildman–Crippen MR) is 161 cm³/mol. The third-order valence-electron chi connectivity index (χ3n) is 7.94. The van der Waals surface area contributed by atoms with Gasteiger partial charge in [-0.25, -0.2) is 19.3 Å². The first-order chi connectivity index (χ1) is 22.3. The average molecular weight is 648 g/mol. The monoisotopic (exact) mass is 647 g/mol. The van der Waals surface area contributed by atoms with E-state index in [9.17, 15) is 32.3 Å². The van der Waals surface area contributed by atoms with E-state index in [1.165, 1.54) is 49.9 Å². The van der Waals surface area contributed by atoms with Gasteiger partial charge in [0.05, 0.1) is 23.4 Å². The van der Waals surface area contributed by atoms with Crippen LogP contribution in [0.25, 0.3) is 22.2 Å². The number of ether oxygens (including phenoxy) is 1. The van der Waals surface area contributed by atoms with Crippen LogP contribution in [0.1, 0.15) is 28.5 Å². The molecular weight excluding hydrogens is 622 g/mol. The van der Waals surface area contributed by atoms with E-state index in [-0.39, 0.29) is 34.7 Å². The van der Waals surface area contributed by atoms with Gasteiger partial charge < -0.3 is 26.2 Å². The van der Waals surface area contributed by atoms with Gasteiger partial charge >= 0.3 is 6.18 Å². The lowest BCUT2D eigenvalue weighted by molar-refractivity contribution is -0.265. The van der Waals surface area contributed by atoms with E-state index >= 15 is 0 Å². The van der Waals surface area contributed by atoms with E-state index in [1.807, 2.05) is 0 Å². The Morgan fingerprint density at radius 2 is 1.83 bits per heavy atom. The number of fused-ring (bicyclic) bond motifs is 2. The van der Waals surface area contributed by atoms with Gasteiger partial charge in [-0.05, 0) is 61.5 Å². The van der Waals surface area contributed by atoms with Gasteiger partial charge in [-0.1, -0.05) is 6.07 Å². The van der Waals surface area contributed by atoms with Gasteiger partial charge in [0.15, 0.2) is 0 Å². The number of hydrogen-bond donors (Lipinski definition) is 4. The Bertz CT molecular complexity index is 2010. The number of hydrogen-bond acceptors (Lipinski definition) is 9. The number of halogens is 4. The minimum absolute atomic E-state index is 0.0382. The highest BCUT2D eigenvalue weighted by Crippen LogP contribution is 2.47. The number of rotatable bonds is 8. The van der Waals surface area contributed by atoms with Crippen LogP contribution >= 0.6 is 0 Å². The fourth-order valence-electron chi connectivity index (χ4n) is 5.17.